The van der Waals surface area contributed by atoms with Crippen LogP contribution in [0.2, 0.25) is 0 Å². The molecule has 3 atom stereocenters. The number of hydrogen-bond acceptors (Lipinski definition) is 5. The zero-order chi connectivity index (χ0) is 25.7. The van der Waals surface area contributed by atoms with Gasteiger partial charge in [-0.1, -0.05) is 30.3 Å². The maximum absolute atomic E-state index is 13.8. The van der Waals surface area contributed by atoms with Gasteiger partial charge in [0.25, 0.3) is 0 Å². The van der Waals surface area contributed by atoms with E-state index < -0.39 is 5.41 Å². The monoisotopic (exact) mass is 498 g/mol. The Bertz CT molecular complexity index is 1400. The number of carbonyl (C=O) groups is 3. The Morgan fingerprint density at radius 3 is 2.73 bits per heavy atom. The first-order valence-corrected chi connectivity index (χ1v) is 12.8. The lowest BCUT2D eigenvalue weighted by Gasteiger charge is -2.38. The summed E-state index contributed by atoms with van der Waals surface area (Å²) in [6, 6.07) is 13.8. The van der Waals surface area contributed by atoms with Crippen LogP contribution in [-0.2, 0) is 27.2 Å². The quantitative estimate of drug-likeness (QED) is 0.557. The van der Waals surface area contributed by atoms with Crippen molar-refractivity contribution in [1.29, 1.82) is 0 Å². The Morgan fingerprint density at radius 1 is 1.22 bits per heavy atom. The Hall–Kier alpha value is -3.78. The molecule has 8 nitrogen and oxygen atoms in total. The van der Waals surface area contributed by atoms with Crippen LogP contribution in [0, 0.1) is 5.41 Å². The minimum absolute atomic E-state index is 0.0118. The standard InChI is InChI=1S/C29H30N4O4/c1-17(34)31-25-11-19(8-9-30-25)27-22(10-18-6-4-3-5-7-18)26-23(32-27)13-29(2,14-24(26)35)28(36)33-15-21-12-20(33)16-37-21/h3-9,11,20-21,32H,10,12-16H2,1-2H3,(H,30,31,34). The highest BCUT2D eigenvalue weighted by Crippen LogP contribution is 2.43. The molecule has 4 heterocycles. The number of anilines is 1. The van der Waals surface area contributed by atoms with Crippen LogP contribution in [-0.4, -0.2) is 57.8 Å². The molecule has 2 fully saturated rings. The number of nitrogens with one attached hydrogen (secondary N) is 2. The van der Waals surface area contributed by atoms with Gasteiger partial charge < -0.3 is 19.9 Å². The van der Waals surface area contributed by atoms with E-state index in [1.807, 2.05) is 54.3 Å². The molecule has 37 heavy (non-hydrogen) atoms. The van der Waals surface area contributed by atoms with Gasteiger partial charge in [0.15, 0.2) is 5.78 Å². The summed E-state index contributed by atoms with van der Waals surface area (Å²) in [6.07, 6.45) is 3.86. The molecular formula is C29H30N4O4. The predicted molar refractivity (Wildman–Crippen MR) is 138 cm³/mol. The van der Waals surface area contributed by atoms with E-state index in [4.69, 9.17) is 4.74 Å². The first kappa shape index (κ1) is 23.6. The number of likely N-dealkylation sites (tertiary alicyclic amines) is 1. The van der Waals surface area contributed by atoms with Crippen LogP contribution in [0.3, 0.4) is 0 Å². The van der Waals surface area contributed by atoms with Crippen LogP contribution in [0.15, 0.2) is 48.7 Å². The van der Waals surface area contributed by atoms with Crippen molar-refractivity contribution in [3.63, 3.8) is 0 Å². The van der Waals surface area contributed by atoms with Gasteiger partial charge >= 0.3 is 0 Å². The maximum atomic E-state index is 13.8. The van der Waals surface area contributed by atoms with E-state index >= 15 is 0 Å². The van der Waals surface area contributed by atoms with Gasteiger partial charge in [-0.15, -0.1) is 0 Å². The Kier molecular flexibility index (Phi) is 5.71. The van der Waals surface area contributed by atoms with Gasteiger partial charge in [-0.25, -0.2) is 4.98 Å². The highest BCUT2D eigenvalue weighted by atomic mass is 16.5. The molecule has 0 radical (unpaired) electrons. The van der Waals surface area contributed by atoms with Crippen molar-refractivity contribution in [2.24, 2.45) is 5.41 Å². The number of rotatable bonds is 5. The molecule has 2 amide bonds. The van der Waals surface area contributed by atoms with E-state index in [0.717, 1.165) is 34.5 Å². The number of pyridine rings is 1. The molecule has 3 aliphatic rings. The van der Waals surface area contributed by atoms with Crippen LogP contribution in [0.25, 0.3) is 11.3 Å². The smallest absolute Gasteiger partial charge is 0.229 e. The summed E-state index contributed by atoms with van der Waals surface area (Å²) >= 11 is 0. The molecule has 8 heteroatoms. The van der Waals surface area contributed by atoms with E-state index in [0.29, 0.717) is 37.4 Å². The lowest BCUT2D eigenvalue weighted by molar-refractivity contribution is -0.146. The number of morpholine rings is 1. The van der Waals surface area contributed by atoms with Crippen LogP contribution >= 0.6 is 0 Å². The number of amides is 2. The van der Waals surface area contributed by atoms with Crippen molar-refractivity contribution in [2.45, 2.75) is 51.7 Å². The lowest BCUT2D eigenvalue weighted by Crippen LogP contribution is -2.51. The SMILES string of the molecule is CC(=O)Nc1cc(-c2[nH]c3c(c2Cc2ccccc2)C(=O)CC(C)(C(=O)N2CC4CC2CO4)C3)ccn1. The van der Waals surface area contributed by atoms with Crippen molar-refractivity contribution in [1.82, 2.24) is 14.9 Å². The summed E-state index contributed by atoms with van der Waals surface area (Å²) in [5.74, 6) is 0.272. The van der Waals surface area contributed by atoms with E-state index in [1.54, 1.807) is 6.20 Å². The summed E-state index contributed by atoms with van der Waals surface area (Å²) in [6.45, 7) is 4.55. The predicted octanol–water partition coefficient (Wildman–Crippen LogP) is 3.76. The number of carbonyl (C=O) groups excluding carboxylic acids is 3. The number of benzene rings is 1. The minimum atomic E-state index is -0.805. The van der Waals surface area contributed by atoms with Gasteiger partial charge in [-0.2, -0.15) is 0 Å². The Balaban J connectivity index is 1.40. The fourth-order valence-corrected chi connectivity index (χ4v) is 6.16. The summed E-state index contributed by atoms with van der Waals surface area (Å²) in [4.78, 5) is 48.8. The number of fused-ring (bicyclic) bond motifs is 3. The molecule has 2 bridgehead atoms. The third-order valence-electron chi connectivity index (χ3n) is 7.83. The number of aromatic amines is 1. The molecular weight excluding hydrogens is 468 g/mol. The largest absolute Gasteiger partial charge is 0.374 e. The number of Topliss-reactive ketones (excluding diaryl/α,β-unsaturated/α-hetero) is 1. The van der Waals surface area contributed by atoms with Gasteiger partial charge in [0, 0.05) is 55.7 Å². The summed E-state index contributed by atoms with van der Waals surface area (Å²) in [5, 5.41) is 2.74. The third-order valence-corrected chi connectivity index (χ3v) is 7.83. The molecule has 2 N–H and O–H groups in total. The highest BCUT2D eigenvalue weighted by Gasteiger charge is 2.50. The zero-order valence-corrected chi connectivity index (χ0v) is 21.0. The van der Waals surface area contributed by atoms with Gasteiger partial charge in [0.05, 0.1) is 29.9 Å². The number of ether oxygens (including phenoxy) is 1. The molecule has 0 saturated carbocycles. The summed E-state index contributed by atoms with van der Waals surface area (Å²) < 4.78 is 5.69. The van der Waals surface area contributed by atoms with E-state index in [1.165, 1.54) is 6.92 Å². The average molecular weight is 499 g/mol. The van der Waals surface area contributed by atoms with Crippen LogP contribution in [0.4, 0.5) is 5.82 Å². The van der Waals surface area contributed by atoms with Gasteiger partial charge in [-0.3, -0.25) is 14.4 Å². The van der Waals surface area contributed by atoms with Crippen molar-refractivity contribution in [2.75, 3.05) is 18.5 Å². The Labute approximate surface area is 215 Å². The first-order chi connectivity index (χ1) is 17.8. The number of hydrogen-bond donors (Lipinski definition) is 2. The first-order valence-electron chi connectivity index (χ1n) is 12.8. The number of H-pyrrole nitrogens is 1. The average Bonchev–Trinajstić information content (AvgIpc) is 3.59. The molecule has 190 valence electrons. The van der Waals surface area contributed by atoms with E-state index in [2.05, 4.69) is 15.3 Å². The second-order valence-electron chi connectivity index (χ2n) is 10.7. The second-order valence-corrected chi connectivity index (χ2v) is 10.7. The van der Waals surface area contributed by atoms with Crippen molar-refractivity contribution in [3.05, 3.63) is 71.0 Å². The molecule has 6 rings (SSSR count). The molecule has 2 aromatic heterocycles. The third kappa shape index (κ3) is 4.25. The normalized spacial score (nSPS) is 24.3. The van der Waals surface area contributed by atoms with Crippen LogP contribution in [0.5, 0.6) is 0 Å². The summed E-state index contributed by atoms with van der Waals surface area (Å²) in [7, 11) is 0. The maximum Gasteiger partial charge on any atom is 0.229 e. The molecule has 2 saturated heterocycles. The van der Waals surface area contributed by atoms with Crippen LogP contribution < -0.4 is 5.32 Å². The summed E-state index contributed by atoms with van der Waals surface area (Å²) in [5.41, 5.74) is 4.33. The van der Waals surface area contributed by atoms with Gasteiger partial charge in [0.2, 0.25) is 11.8 Å². The molecule has 3 aromatic rings. The Morgan fingerprint density at radius 2 is 2.03 bits per heavy atom. The van der Waals surface area contributed by atoms with E-state index in [9.17, 15) is 14.4 Å². The van der Waals surface area contributed by atoms with Gasteiger partial charge in [0.1, 0.15) is 5.82 Å². The molecule has 0 spiro atoms. The fourth-order valence-electron chi connectivity index (χ4n) is 6.16. The van der Waals surface area contributed by atoms with Crippen molar-refractivity contribution >= 4 is 23.4 Å². The molecule has 1 aliphatic carbocycles. The number of aromatic nitrogens is 2. The topological polar surface area (TPSA) is 104 Å². The van der Waals surface area contributed by atoms with Crippen molar-refractivity contribution < 1.29 is 19.1 Å². The molecule has 2 aliphatic heterocycles. The lowest BCUT2D eigenvalue weighted by atomic mass is 9.72. The highest BCUT2D eigenvalue weighted by molar-refractivity contribution is 6.05. The zero-order valence-electron chi connectivity index (χ0n) is 21.0. The number of nitrogens with zero attached hydrogens (tertiary/aromatic N) is 2. The fraction of sp³-hybridized carbons (Fsp3) is 0.379. The van der Waals surface area contributed by atoms with Gasteiger partial charge in [-0.05, 0) is 36.6 Å². The second kappa shape index (κ2) is 8.95. The van der Waals surface area contributed by atoms with Crippen LogP contribution in [0.1, 0.15) is 53.9 Å². The van der Waals surface area contributed by atoms with Crippen molar-refractivity contribution in [3.8, 4) is 11.3 Å². The van der Waals surface area contributed by atoms with E-state index in [-0.39, 0.29) is 36.2 Å². The molecule has 3 unspecified atom stereocenters. The minimum Gasteiger partial charge on any atom is -0.374 e. The molecule has 1 aromatic carbocycles. The number of ketones is 1.